The number of ether oxygens (including phenoxy) is 3. The van der Waals surface area contributed by atoms with Crippen LogP contribution in [0.3, 0.4) is 0 Å². The van der Waals surface area contributed by atoms with Gasteiger partial charge in [-0.2, -0.15) is 0 Å². The zero-order valence-electron chi connectivity index (χ0n) is 19.3. The summed E-state index contributed by atoms with van der Waals surface area (Å²) in [6.07, 6.45) is 0.499. The number of nitrogens with one attached hydrogen (secondary N) is 2. The molecule has 4 rings (SSSR count). The Kier molecular flexibility index (Phi) is 7.20. The van der Waals surface area contributed by atoms with E-state index in [2.05, 4.69) is 10.6 Å². The Morgan fingerprint density at radius 1 is 1.12 bits per heavy atom. The minimum atomic E-state index is -0.749. The molecule has 3 amide bonds. The van der Waals surface area contributed by atoms with Crippen LogP contribution in [-0.2, 0) is 27.5 Å². The van der Waals surface area contributed by atoms with Gasteiger partial charge in [0.25, 0.3) is 0 Å². The van der Waals surface area contributed by atoms with E-state index in [1.165, 1.54) is 0 Å². The summed E-state index contributed by atoms with van der Waals surface area (Å²) < 4.78 is 16.0. The maximum absolute atomic E-state index is 13.1. The number of methoxy groups -OCH3 is 2. The van der Waals surface area contributed by atoms with Crippen molar-refractivity contribution in [2.75, 3.05) is 20.8 Å². The molecule has 0 aromatic heterocycles. The number of benzene rings is 2. The standard InChI is InChI=1S/C25H29N3O6/c1-32-19-9-8-18(21(13-19)33-2)14-28-20(12-17-10-11-26-23(17)29)22(24(28)30)27-25(31)34-15-16-6-4-3-5-7-16/h3-9,13,17,20,22H,10-12,14-15H2,1-2H3,(H,26,29)(H,27,31)/t17?,20-,22+/m1/s1. The number of carbonyl (C=O) groups is 3. The van der Waals surface area contributed by atoms with E-state index in [-0.39, 0.29) is 30.4 Å². The van der Waals surface area contributed by atoms with Crippen molar-refractivity contribution in [1.82, 2.24) is 15.5 Å². The van der Waals surface area contributed by atoms with Crippen molar-refractivity contribution in [3.05, 3.63) is 59.7 Å². The molecule has 2 heterocycles. The number of amides is 3. The minimum Gasteiger partial charge on any atom is -0.497 e. The monoisotopic (exact) mass is 467 g/mol. The fourth-order valence-electron chi connectivity index (χ4n) is 4.44. The fraction of sp³-hybridized carbons (Fsp3) is 0.400. The van der Waals surface area contributed by atoms with Gasteiger partial charge in [0.1, 0.15) is 24.1 Å². The van der Waals surface area contributed by atoms with Crippen LogP contribution in [0.25, 0.3) is 0 Å². The first-order valence-corrected chi connectivity index (χ1v) is 11.3. The van der Waals surface area contributed by atoms with Crippen LogP contribution < -0.4 is 20.1 Å². The van der Waals surface area contributed by atoms with Crippen molar-refractivity contribution in [3.8, 4) is 11.5 Å². The Morgan fingerprint density at radius 2 is 1.91 bits per heavy atom. The maximum atomic E-state index is 13.1. The summed E-state index contributed by atoms with van der Waals surface area (Å²) in [5.41, 5.74) is 1.66. The Labute approximate surface area is 198 Å². The van der Waals surface area contributed by atoms with Crippen molar-refractivity contribution in [1.29, 1.82) is 0 Å². The lowest BCUT2D eigenvalue weighted by Gasteiger charge is -2.48. The van der Waals surface area contributed by atoms with Crippen molar-refractivity contribution < 1.29 is 28.6 Å². The molecule has 0 radical (unpaired) electrons. The van der Waals surface area contributed by atoms with Crippen LogP contribution >= 0.6 is 0 Å². The topological polar surface area (TPSA) is 106 Å². The highest BCUT2D eigenvalue weighted by molar-refractivity contribution is 5.92. The molecule has 2 N–H and O–H groups in total. The number of β-lactam (4-membered cyclic amide) rings is 1. The lowest BCUT2D eigenvalue weighted by molar-refractivity contribution is -0.153. The van der Waals surface area contributed by atoms with E-state index in [4.69, 9.17) is 14.2 Å². The summed E-state index contributed by atoms with van der Waals surface area (Å²) in [5.74, 6) is 0.797. The molecule has 2 aromatic carbocycles. The van der Waals surface area contributed by atoms with Crippen molar-refractivity contribution in [3.63, 3.8) is 0 Å². The van der Waals surface area contributed by atoms with Crippen LogP contribution in [0.15, 0.2) is 48.5 Å². The summed E-state index contributed by atoms with van der Waals surface area (Å²) in [5, 5.41) is 5.54. The Morgan fingerprint density at radius 3 is 2.59 bits per heavy atom. The third kappa shape index (κ3) is 5.08. The molecule has 2 fully saturated rings. The van der Waals surface area contributed by atoms with E-state index >= 15 is 0 Å². The van der Waals surface area contributed by atoms with Crippen LogP contribution in [0.2, 0.25) is 0 Å². The number of alkyl carbamates (subject to hydrolysis) is 1. The molecule has 2 saturated heterocycles. The number of carbonyl (C=O) groups excluding carboxylic acids is 3. The average molecular weight is 468 g/mol. The normalized spacial score (nSPS) is 21.5. The lowest BCUT2D eigenvalue weighted by atomic mass is 9.85. The molecule has 34 heavy (non-hydrogen) atoms. The largest absolute Gasteiger partial charge is 0.497 e. The molecule has 180 valence electrons. The Hall–Kier alpha value is -3.75. The number of likely N-dealkylation sites (tertiary alicyclic amines) is 1. The predicted octanol–water partition coefficient (Wildman–Crippen LogP) is 2.24. The van der Waals surface area contributed by atoms with Gasteiger partial charge in [-0.25, -0.2) is 4.79 Å². The molecule has 0 bridgehead atoms. The van der Waals surface area contributed by atoms with Crippen molar-refractivity contribution in [2.24, 2.45) is 5.92 Å². The van der Waals surface area contributed by atoms with Crippen molar-refractivity contribution in [2.45, 2.75) is 38.1 Å². The van der Waals surface area contributed by atoms with E-state index < -0.39 is 12.1 Å². The van der Waals surface area contributed by atoms with E-state index in [0.717, 1.165) is 11.1 Å². The molecule has 0 aliphatic carbocycles. The SMILES string of the molecule is COc1ccc(CN2C(=O)[C@@H](NC(=O)OCc3ccccc3)[C@H]2CC2CCNC2=O)c(OC)c1. The molecule has 9 nitrogen and oxygen atoms in total. The quantitative estimate of drug-likeness (QED) is 0.548. The molecular weight excluding hydrogens is 438 g/mol. The van der Waals surface area contributed by atoms with Crippen LogP contribution in [0.1, 0.15) is 24.0 Å². The number of nitrogens with zero attached hydrogens (tertiary/aromatic N) is 1. The second-order valence-corrected chi connectivity index (χ2v) is 8.41. The fourth-order valence-corrected chi connectivity index (χ4v) is 4.44. The van der Waals surface area contributed by atoms with Gasteiger partial charge in [0.15, 0.2) is 0 Å². The third-order valence-corrected chi connectivity index (χ3v) is 6.34. The van der Waals surface area contributed by atoms with Gasteiger partial charge < -0.3 is 29.7 Å². The van der Waals surface area contributed by atoms with Gasteiger partial charge in [0.05, 0.1) is 20.3 Å². The van der Waals surface area contributed by atoms with Crippen LogP contribution in [0.4, 0.5) is 4.79 Å². The summed E-state index contributed by atoms with van der Waals surface area (Å²) >= 11 is 0. The first kappa shape index (κ1) is 23.4. The molecular formula is C25H29N3O6. The van der Waals surface area contributed by atoms with Gasteiger partial charge in [-0.15, -0.1) is 0 Å². The minimum absolute atomic E-state index is 0.0215. The van der Waals surface area contributed by atoms with Crippen molar-refractivity contribution >= 4 is 17.9 Å². The molecule has 3 atom stereocenters. The van der Waals surface area contributed by atoms with Gasteiger partial charge in [-0.3, -0.25) is 9.59 Å². The second-order valence-electron chi connectivity index (χ2n) is 8.41. The van der Waals surface area contributed by atoms with E-state index in [1.54, 1.807) is 31.3 Å². The van der Waals surface area contributed by atoms with Crippen LogP contribution in [-0.4, -0.2) is 55.7 Å². The first-order valence-electron chi connectivity index (χ1n) is 11.3. The molecule has 0 saturated carbocycles. The highest BCUT2D eigenvalue weighted by atomic mass is 16.5. The molecule has 2 aliphatic heterocycles. The first-order chi connectivity index (χ1) is 16.5. The molecule has 9 heteroatoms. The maximum Gasteiger partial charge on any atom is 0.408 e. The third-order valence-electron chi connectivity index (χ3n) is 6.34. The zero-order valence-corrected chi connectivity index (χ0v) is 19.3. The van der Waals surface area contributed by atoms with Gasteiger partial charge in [0, 0.05) is 30.6 Å². The summed E-state index contributed by atoms with van der Waals surface area (Å²) in [4.78, 5) is 39.4. The predicted molar refractivity (Wildman–Crippen MR) is 123 cm³/mol. The molecule has 2 aliphatic rings. The smallest absolute Gasteiger partial charge is 0.408 e. The molecule has 2 aromatic rings. The van der Waals surface area contributed by atoms with E-state index in [1.807, 2.05) is 36.4 Å². The highest BCUT2D eigenvalue weighted by Crippen LogP contribution is 2.33. The summed E-state index contributed by atoms with van der Waals surface area (Å²) in [7, 11) is 3.13. The number of rotatable bonds is 9. The highest BCUT2D eigenvalue weighted by Gasteiger charge is 2.50. The average Bonchev–Trinajstić information content (AvgIpc) is 3.28. The molecule has 1 unspecified atom stereocenters. The van der Waals surface area contributed by atoms with Gasteiger partial charge in [0.2, 0.25) is 11.8 Å². The van der Waals surface area contributed by atoms with Gasteiger partial charge >= 0.3 is 6.09 Å². The second kappa shape index (κ2) is 10.5. The molecule has 0 spiro atoms. The van der Waals surface area contributed by atoms with Crippen LogP contribution in [0.5, 0.6) is 11.5 Å². The lowest BCUT2D eigenvalue weighted by Crippen LogP contribution is -2.70. The van der Waals surface area contributed by atoms with Crippen LogP contribution in [0, 0.1) is 5.92 Å². The van der Waals surface area contributed by atoms with E-state index in [9.17, 15) is 14.4 Å². The van der Waals surface area contributed by atoms with Gasteiger partial charge in [-0.1, -0.05) is 30.3 Å². The Bertz CT molecular complexity index is 1040. The summed E-state index contributed by atoms with van der Waals surface area (Å²) in [6.45, 7) is 1.02. The number of hydrogen-bond donors (Lipinski definition) is 2. The zero-order chi connectivity index (χ0) is 24.1. The number of hydrogen-bond acceptors (Lipinski definition) is 6. The Balaban J connectivity index is 1.45. The summed E-state index contributed by atoms with van der Waals surface area (Å²) in [6, 6.07) is 13.6. The van der Waals surface area contributed by atoms with E-state index in [0.29, 0.717) is 37.4 Å². The van der Waals surface area contributed by atoms with Gasteiger partial charge in [-0.05, 0) is 30.5 Å².